The first-order valence-electron chi connectivity index (χ1n) is 9.73. The highest BCUT2D eigenvalue weighted by Crippen LogP contribution is 2.36. The van der Waals surface area contributed by atoms with E-state index in [1.165, 1.54) is 4.90 Å². The maximum atomic E-state index is 12.9. The number of anilines is 3. The summed E-state index contributed by atoms with van der Waals surface area (Å²) in [5, 5.41) is 5.43. The lowest BCUT2D eigenvalue weighted by atomic mass is 9.96. The first-order valence-corrected chi connectivity index (χ1v) is 9.73. The van der Waals surface area contributed by atoms with Gasteiger partial charge in [0.25, 0.3) is 11.8 Å². The highest BCUT2D eigenvalue weighted by atomic mass is 16.5. The molecular weight excluding hydrogens is 402 g/mol. The number of ether oxygens (including phenoxy) is 2. The van der Waals surface area contributed by atoms with Gasteiger partial charge in [-0.2, -0.15) is 0 Å². The summed E-state index contributed by atoms with van der Waals surface area (Å²) in [6, 6.07) is 13.7. The average molecular weight is 423 g/mol. The first-order chi connectivity index (χ1) is 14.8. The molecule has 9 nitrogen and oxygen atoms in total. The van der Waals surface area contributed by atoms with E-state index < -0.39 is 36.0 Å². The molecule has 0 spiro atoms. The normalized spacial score (nSPS) is 18.6. The van der Waals surface area contributed by atoms with E-state index in [0.29, 0.717) is 22.8 Å². The topological polar surface area (TPSA) is 114 Å². The SMILES string of the molecule is CC1(C)C(=O)Nc2ccccc2N1C(=O)COC(=O)C[C@@H]1Oc2ccccc2NC1=O. The summed E-state index contributed by atoms with van der Waals surface area (Å²) in [6.07, 6.45) is -1.41. The zero-order chi connectivity index (χ0) is 22.2. The minimum absolute atomic E-state index is 0.350. The number of fused-ring (bicyclic) bond motifs is 2. The van der Waals surface area contributed by atoms with Gasteiger partial charge >= 0.3 is 5.97 Å². The van der Waals surface area contributed by atoms with Crippen molar-refractivity contribution in [1.82, 2.24) is 0 Å². The fourth-order valence-corrected chi connectivity index (χ4v) is 3.54. The van der Waals surface area contributed by atoms with Crippen molar-refractivity contribution in [3.63, 3.8) is 0 Å². The van der Waals surface area contributed by atoms with Crippen LogP contribution in [0.1, 0.15) is 20.3 Å². The van der Waals surface area contributed by atoms with Crippen molar-refractivity contribution >= 4 is 40.8 Å². The molecule has 2 aromatic carbocycles. The molecule has 9 heteroatoms. The van der Waals surface area contributed by atoms with E-state index in [4.69, 9.17) is 9.47 Å². The van der Waals surface area contributed by atoms with Crippen molar-refractivity contribution in [3.8, 4) is 5.75 Å². The number of para-hydroxylation sites is 4. The zero-order valence-corrected chi connectivity index (χ0v) is 17.0. The van der Waals surface area contributed by atoms with Gasteiger partial charge in [0.15, 0.2) is 12.7 Å². The van der Waals surface area contributed by atoms with Crippen LogP contribution in [0.2, 0.25) is 0 Å². The standard InChI is InChI=1S/C22H21N3O6/c1-22(2)21(29)24-13-7-3-5-9-15(13)25(22)18(26)12-30-19(27)11-17-20(28)23-14-8-4-6-10-16(14)31-17/h3-10,17H,11-12H2,1-2H3,(H,23,28)(H,24,29)/t17-/m0/s1. The maximum Gasteiger partial charge on any atom is 0.310 e. The lowest BCUT2D eigenvalue weighted by Gasteiger charge is -2.41. The van der Waals surface area contributed by atoms with E-state index in [1.807, 2.05) is 0 Å². The molecule has 0 saturated heterocycles. The van der Waals surface area contributed by atoms with E-state index in [-0.39, 0.29) is 12.3 Å². The van der Waals surface area contributed by atoms with Crippen LogP contribution in [0.3, 0.4) is 0 Å². The fourth-order valence-electron chi connectivity index (χ4n) is 3.54. The van der Waals surface area contributed by atoms with Gasteiger partial charge in [-0.25, -0.2) is 0 Å². The maximum absolute atomic E-state index is 12.9. The summed E-state index contributed by atoms with van der Waals surface area (Å²) in [5.41, 5.74) is 0.363. The number of carbonyl (C=O) groups is 4. The monoisotopic (exact) mass is 423 g/mol. The van der Waals surface area contributed by atoms with Crippen LogP contribution in [-0.2, 0) is 23.9 Å². The Bertz CT molecular complexity index is 1080. The molecule has 2 aromatic rings. The summed E-state index contributed by atoms with van der Waals surface area (Å²) in [7, 11) is 0. The molecule has 2 aliphatic heterocycles. The van der Waals surface area contributed by atoms with Crippen molar-refractivity contribution in [2.45, 2.75) is 31.9 Å². The lowest BCUT2D eigenvalue weighted by Crippen LogP contribution is -2.59. The Labute approximate surface area is 178 Å². The second-order valence-corrected chi connectivity index (χ2v) is 7.72. The molecule has 2 aliphatic rings. The van der Waals surface area contributed by atoms with E-state index in [9.17, 15) is 19.2 Å². The van der Waals surface area contributed by atoms with Gasteiger partial charge in [-0.3, -0.25) is 24.1 Å². The second-order valence-electron chi connectivity index (χ2n) is 7.72. The third-order valence-electron chi connectivity index (χ3n) is 5.17. The lowest BCUT2D eigenvalue weighted by molar-refractivity contribution is -0.151. The number of rotatable bonds is 4. The summed E-state index contributed by atoms with van der Waals surface area (Å²) in [5.74, 6) is -1.68. The van der Waals surface area contributed by atoms with Gasteiger partial charge in [0.05, 0.1) is 23.5 Å². The van der Waals surface area contributed by atoms with E-state index in [1.54, 1.807) is 62.4 Å². The molecule has 2 N–H and O–H groups in total. The average Bonchev–Trinajstić information content (AvgIpc) is 2.73. The molecule has 0 unspecified atom stereocenters. The predicted octanol–water partition coefficient (Wildman–Crippen LogP) is 2.08. The molecule has 3 amide bonds. The van der Waals surface area contributed by atoms with Crippen LogP contribution in [0.5, 0.6) is 5.75 Å². The molecular formula is C22H21N3O6. The van der Waals surface area contributed by atoms with Crippen LogP contribution in [0, 0.1) is 0 Å². The van der Waals surface area contributed by atoms with Gasteiger partial charge in [-0.05, 0) is 38.1 Å². The number of hydrogen-bond donors (Lipinski definition) is 2. The minimum Gasteiger partial charge on any atom is -0.478 e. The molecule has 4 rings (SSSR count). The van der Waals surface area contributed by atoms with Crippen molar-refractivity contribution in [3.05, 3.63) is 48.5 Å². The molecule has 0 fully saturated rings. The molecule has 31 heavy (non-hydrogen) atoms. The summed E-state index contributed by atoms with van der Waals surface area (Å²) < 4.78 is 10.7. The first kappa shape index (κ1) is 20.4. The summed E-state index contributed by atoms with van der Waals surface area (Å²) >= 11 is 0. The van der Waals surface area contributed by atoms with Crippen molar-refractivity contribution in [2.24, 2.45) is 0 Å². The smallest absolute Gasteiger partial charge is 0.310 e. The molecule has 0 saturated carbocycles. The van der Waals surface area contributed by atoms with Crippen LogP contribution in [0.4, 0.5) is 17.1 Å². The molecule has 2 heterocycles. The van der Waals surface area contributed by atoms with Crippen molar-refractivity contribution in [1.29, 1.82) is 0 Å². The fraction of sp³-hybridized carbons (Fsp3) is 0.273. The van der Waals surface area contributed by atoms with Gasteiger partial charge in [0, 0.05) is 0 Å². The Balaban J connectivity index is 1.41. The molecule has 0 aliphatic carbocycles. The Morgan fingerprint density at radius 3 is 2.48 bits per heavy atom. The van der Waals surface area contributed by atoms with Crippen LogP contribution in [0.15, 0.2) is 48.5 Å². The van der Waals surface area contributed by atoms with Gasteiger partial charge in [-0.15, -0.1) is 0 Å². The van der Waals surface area contributed by atoms with Crippen molar-refractivity contribution < 1.29 is 28.7 Å². The Morgan fingerprint density at radius 2 is 1.71 bits per heavy atom. The summed E-state index contributed by atoms with van der Waals surface area (Å²) in [4.78, 5) is 51.1. The third-order valence-corrected chi connectivity index (χ3v) is 5.17. The Morgan fingerprint density at radius 1 is 1.03 bits per heavy atom. The van der Waals surface area contributed by atoms with Gasteiger partial charge in [0.2, 0.25) is 5.91 Å². The number of benzene rings is 2. The number of carbonyl (C=O) groups excluding carboxylic acids is 4. The number of nitrogens with one attached hydrogen (secondary N) is 2. The Kier molecular flexibility index (Phi) is 5.10. The van der Waals surface area contributed by atoms with Crippen LogP contribution < -0.4 is 20.3 Å². The van der Waals surface area contributed by atoms with Crippen LogP contribution >= 0.6 is 0 Å². The molecule has 0 aromatic heterocycles. The van der Waals surface area contributed by atoms with Crippen LogP contribution in [-0.4, -0.2) is 41.9 Å². The van der Waals surface area contributed by atoms with Crippen LogP contribution in [0.25, 0.3) is 0 Å². The van der Waals surface area contributed by atoms with Gasteiger partial charge in [0.1, 0.15) is 11.3 Å². The highest BCUT2D eigenvalue weighted by molar-refractivity contribution is 6.14. The van der Waals surface area contributed by atoms with E-state index in [0.717, 1.165) is 0 Å². The van der Waals surface area contributed by atoms with E-state index in [2.05, 4.69) is 10.6 Å². The largest absolute Gasteiger partial charge is 0.478 e. The second kappa shape index (κ2) is 7.75. The van der Waals surface area contributed by atoms with Gasteiger partial charge < -0.3 is 20.1 Å². The molecule has 0 radical (unpaired) electrons. The molecule has 0 bridgehead atoms. The summed E-state index contributed by atoms with van der Waals surface area (Å²) in [6.45, 7) is 2.64. The molecule has 160 valence electrons. The number of amides is 3. The van der Waals surface area contributed by atoms with Crippen molar-refractivity contribution in [2.75, 3.05) is 22.1 Å². The predicted molar refractivity (Wildman–Crippen MR) is 112 cm³/mol. The number of hydrogen-bond acceptors (Lipinski definition) is 6. The number of nitrogens with zero attached hydrogens (tertiary/aromatic N) is 1. The van der Waals surface area contributed by atoms with Gasteiger partial charge in [-0.1, -0.05) is 24.3 Å². The third kappa shape index (κ3) is 3.81. The highest BCUT2D eigenvalue weighted by Gasteiger charge is 2.43. The molecule has 1 atom stereocenters. The quantitative estimate of drug-likeness (QED) is 0.728. The Hall–Kier alpha value is -3.88. The number of esters is 1. The minimum atomic E-state index is -1.17. The van der Waals surface area contributed by atoms with E-state index >= 15 is 0 Å². The zero-order valence-electron chi connectivity index (χ0n) is 17.0.